The first-order chi connectivity index (χ1) is 14.4. The van der Waals surface area contributed by atoms with Crippen LogP contribution < -0.4 is 10.9 Å². The van der Waals surface area contributed by atoms with Crippen LogP contribution in [0.2, 0.25) is 0 Å². The zero-order valence-corrected chi connectivity index (χ0v) is 18.4. The molecule has 164 valence electrons. The number of aromatic nitrogens is 2. The Morgan fingerprint density at radius 2 is 1.81 bits per heavy atom. The molecule has 0 aliphatic rings. The zero-order chi connectivity index (χ0) is 23.0. The molecule has 0 saturated carbocycles. The second-order valence-electron chi connectivity index (χ2n) is 8.04. The number of benzene rings is 1. The molecule has 3 N–H and O–H groups in total. The van der Waals surface area contributed by atoms with E-state index in [4.69, 9.17) is 4.74 Å². The third-order valence-corrected chi connectivity index (χ3v) is 6.11. The van der Waals surface area contributed by atoms with Crippen LogP contribution in [0.1, 0.15) is 39.4 Å². The zero-order valence-electron chi connectivity index (χ0n) is 17.6. The minimum absolute atomic E-state index is 0.0160. The highest BCUT2D eigenvalue weighted by Gasteiger charge is 2.29. The van der Waals surface area contributed by atoms with Crippen molar-refractivity contribution in [3.63, 3.8) is 0 Å². The van der Waals surface area contributed by atoms with Crippen LogP contribution in [-0.2, 0) is 14.8 Å². The molecule has 0 aliphatic heterocycles. The van der Waals surface area contributed by atoms with E-state index in [-0.39, 0.29) is 16.1 Å². The van der Waals surface area contributed by atoms with Crippen LogP contribution in [0.15, 0.2) is 53.4 Å². The summed E-state index contributed by atoms with van der Waals surface area (Å²) in [6.07, 6.45) is -0.638. The highest BCUT2D eigenvalue weighted by Crippen LogP contribution is 2.22. The van der Waals surface area contributed by atoms with Crippen LogP contribution in [0.5, 0.6) is 0 Å². The predicted octanol–water partition coefficient (Wildman–Crippen LogP) is 1.54. The van der Waals surface area contributed by atoms with Gasteiger partial charge in [0.25, 0.3) is 10.0 Å². The number of hydrogen-bond acceptors (Lipinski definition) is 7. The number of carbonyl (C=O) groups excluding carboxylic acids is 1. The van der Waals surface area contributed by atoms with E-state index < -0.39 is 34.9 Å². The highest BCUT2D eigenvalue weighted by atomic mass is 32.2. The van der Waals surface area contributed by atoms with Gasteiger partial charge in [-0.25, -0.2) is 22.2 Å². The van der Waals surface area contributed by atoms with Gasteiger partial charge in [-0.1, -0.05) is 18.2 Å². The molecular formula is C20H24BN3O6S. The van der Waals surface area contributed by atoms with Crippen LogP contribution in [0.4, 0.5) is 4.79 Å². The minimum Gasteiger partial charge on any atom is -0.444 e. The Bertz CT molecular complexity index is 1200. The average molecular weight is 445 g/mol. The predicted molar refractivity (Wildman–Crippen MR) is 116 cm³/mol. The summed E-state index contributed by atoms with van der Waals surface area (Å²) in [6.45, 7) is 6.90. The van der Waals surface area contributed by atoms with Crippen molar-refractivity contribution in [2.75, 3.05) is 0 Å². The van der Waals surface area contributed by atoms with E-state index in [0.717, 1.165) is 3.97 Å². The van der Waals surface area contributed by atoms with Crippen molar-refractivity contribution in [3.05, 3.63) is 54.2 Å². The molecule has 11 heteroatoms. The van der Waals surface area contributed by atoms with E-state index in [1.807, 2.05) is 0 Å². The van der Waals surface area contributed by atoms with Gasteiger partial charge >= 0.3 is 13.2 Å². The van der Waals surface area contributed by atoms with E-state index in [9.17, 15) is 23.3 Å². The summed E-state index contributed by atoms with van der Waals surface area (Å²) >= 11 is 0. The summed E-state index contributed by atoms with van der Waals surface area (Å²) in [5.41, 5.74) is -0.523. The van der Waals surface area contributed by atoms with Crippen molar-refractivity contribution >= 4 is 39.9 Å². The second-order valence-corrected chi connectivity index (χ2v) is 9.83. The van der Waals surface area contributed by atoms with Crippen molar-refractivity contribution in [2.24, 2.45) is 0 Å². The number of hydrogen-bond donors (Lipinski definition) is 3. The van der Waals surface area contributed by atoms with E-state index in [0.29, 0.717) is 11.1 Å². The quantitative estimate of drug-likeness (QED) is 0.508. The highest BCUT2D eigenvalue weighted by molar-refractivity contribution is 7.90. The average Bonchev–Trinajstić information content (AvgIpc) is 3.07. The number of alkyl carbamates (subject to hydrolysis) is 1. The molecule has 1 aromatic carbocycles. The molecule has 0 spiro atoms. The first-order valence-corrected chi connectivity index (χ1v) is 11.0. The first-order valence-electron chi connectivity index (χ1n) is 9.59. The maximum absolute atomic E-state index is 13.3. The van der Waals surface area contributed by atoms with Gasteiger partial charge < -0.3 is 20.1 Å². The fraction of sp³-hybridized carbons (Fsp3) is 0.300. The number of amides is 1. The molecule has 3 rings (SSSR count). The Kier molecular flexibility index (Phi) is 6.12. The molecular weight excluding hydrogens is 421 g/mol. The molecule has 1 amide bonds. The summed E-state index contributed by atoms with van der Waals surface area (Å²) in [4.78, 5) is 16.5. The Balaban J connectivity index is 2.08. The van der Waals surface area contributed by atoms with Crippen LogP contribution in [0.3, 0.4) is 0 Å². The molecule has 0 saturated heterocycles. The number of ether oxygens (including phenoxy) is 1. The van der Waals surface area contributed by atoms with E-state index >= 15 is 0 Å². The number of carbonyl (C=O) groups is 1. The monoisotopic (exact) mass is 445 g/mol. The summed E-state index contributed by atoms with van der Waals surface area (Å²) in [7, 11) is -6.20. The third-order valence-electron chi connectivity index (χ3n) is 4.38. The topological polar surface area (TPSA) is 131 Å². The van der Waals surface area contributed by atoms with Gasteiger partial charge in [0, 0.05) is 5.39 Å². The summed E-state index contributed by atoms with van der Waals surface area (Å²) in [5.74, 6) is 0. The van der Waals surface area contributed by atoms with Gasteiger partial charge in [0.2, 0.25) is 0 Å². The normalized spacial score (nSPS) is 13.1. The number of nitrogens with one attached hydrogen (secondary N) is 1. The lowest BCUT2D eigenvalue weighted by Gasteiger charge is -2.22. The van der Waals surface area contributed by atoms with Crippen LogP contribution >= 0.6 is 0 Å². The standard InChI is InChI=1S/C20H24BN3O6S/c1-13(22-19(25)30-20(2,3)4)16-11-10-14-12-17(21(26)27)24(18(14)23-16)31(28,29)15-8-6-5-7-9-15/h5-13,26-27H,1-4H3,(H,22,25)/t13-/m1/s1. The van der Waals surface area contributed by atoms with Crippen molar-refractivity contribution in [3.8, 4) is 0 Å². The van der Waals surface area contributed by atoms with Crippen molar-refractivity contribution < 1.29 is 28.0 Å². The van der Waals surface area contributed by atoms with Gasteiger partial charge in [-0.15, -0.1) is 0 Å². The lowest BCUT2D eigenvalue weighted by Crippen LogP contribution is -2.39. The summed E-state index contributed by atoms with van der Waals surface area (Å²) in [6, 6.07) is 11.6. The van der Waals surface area contributed by atoms with Crippen molar-refractivity contribution in [1.82, 2.24) is 14.3 Å². The molecule has 31 heavy (non-hydrogen) atoms. The second kappa shape index (κ2) is 8.33. The fourth-order valence-corrected chi connectivity index (χ4v) is 4.53. The van der Waals surface area contributed by atoms with Gasteiger partial charge in [-0.3, -0.25) is 0 Å². The SMILES string of the molecule is C[C@@H](NC(=O)OC(C)(C)C)c1ccc2cc(B(O)O)n(S(=O)(=O)c3ccccc3)c2n1. The van der Waals surface area contributed by atoms with Gasteiger partial charge in [0.05, 0.1) is 22.2 Å². The van der Waals surface area contributed by atoms with Gasteiger partial charge in [0.1, 0.15) is 5.60 Å². The number of rotatable bonds is 5. The minimum atomic E-state index is -4.17. The molecule has 1 atom stereocenters. The molecule has 0 radical (unpaired) electrons. The third kappa shape index (κ3) is 4.89. The number of pyridine rings is 1. The number of nitrogens with zero attached hydrogens (tertiary/aromatic N) is 2. The van der Waals surface area contributed by atoms with Gasteiger partial charge in [-0.2, -0.15) is 0 Å². The number of fused-ring (bicyclic) bond motifs is 1. The van der Waals surface area contributed by atoms with Crippen molar-refractivity contribution in [1.29, 1.82) is 0 Å². The molecule has 0 unspecified atom stereocenters. The lowest BCUT2D eigenvalue weighted by molar-refractivity contribution is 0.0507. The van der Waals surface area contributed by atoms with Crippen LogP contribution in [0.25, 0.3) is 11.0 Å². The maximum Gasteiger partial charge on any atom is 0.507 e. The Morgan fingerprint density at radius 1 is 1.16 bits per heavy atom. The Labute approximate surface area is 180 Å². The van der Waals surface area contributed by atoms with Crippen LogP contribution in [-0.4, -0.2) is 46.2 Å². The lowest BCUT2D eigenvalue weighted by atomic mass is 9.86. The van der Waals surface area contributed by atoms with E-state index in [2.05, 4.69) is 10.3 Å². The van der Waals surface area contributed by atoms with E-state index in [1.54, 1.807) is 58.0 Å². The maximum atomic E-state index is 13.3. The van der Waals surface area contributed by atoms with E-state index in [1.165, 1.54) is 18.2 Å². The molecule has 9 nitrogen and oxygen atoms in total. The molecule has 2 aromatic heterocycles. The molecule has 0 aliphatic carbocycles. The smallest absolute Gasteiger partial charge is 0.444 e. The molecule has 3 aromatic rings. The largest absolute Gasteiger partial charge is 0.507 e. The van der Waals surface area contributed by atoms with Gasteiger partial charge in [0.15, 0.2) is 5.65 Å². The molecule has 2 heterocycles. The van der Waals surface area contributed by atoms with Crippen LogP contribution in [0, 0.1) is 0 Å². The summed E-state index contributed by atoms with van der Waals surface area (Å²) < 4.78 is 32.6. The van der Waals surface area contributed by atoms with Crippen molar-refractivity contribution in [2.45, 2.75) is 44.2 Å². The summed E-state index contributed by atoms with van der Waals surface area (Å²) in [5, 5.41) is 22.6. The molecule has 0 fully saturated rings. The Morgan fingerprint density at radius 3 is 2.39 bits per heavy atom. The first kappa shape index (κ1) is 22.8. The molecule has 0 bridgehead atoms. The Hall–Kier alpha value is -2.89. The fourth-order valence-electron chi connectivity index (χ4n) is 3.02. The van der Waals surface area contributed by atoms with Gasteiger partial charge in [-0.05, 0) is 58.0 Å².